The van der Waals surface area contributed by atoms with Gasteiger partial charge in [-0.05, 0) is 31.9 Å². The maximum atomic E-state index is 13.0. The number of aryl methyl sites for hydroxylation is 1. The summed E-state index contributed by atoms with van der Waals surface area (Å²) in [4.78, 5) is 41.7. The Bertz CT molecular complexity index is 995. The van der Waals surface area contributed by atoms with Crippen molar-refractivity contribution in [2.45, 2.75) is 46.0 Å². The van der Waals surface area contributed by atoms with Crippen LogP contribution in [0.3, 0.4) is 0 Å². The highest BCUT2D eigenvalue weighted by atomic mass is 32.1. The summed E-state index contributed by atoms with van der Waals surface area (Å²) < 4.78 is 0. The van der Waals surface area contributed by atoms with Crippen LogP contribution in [-0.2, 0) is 14.4 Å². The number of hydrogen-bond donors (Lipinski definition) is 1. The molecule has 170 valence electrons. The number of nitrogens with one attached hydrogen (secondary N) is 1. The van der Waals surface area contributed by atoms with Crippen molar-refractivity contribution in [3.63, 3.8) is 0 Å². The van der Waals surface area contributed by atoms with Crippen molar-refractivity contribution in [1.29, 1.82) is 0 Å². The highest BCUT2D eigenvalue weighted by Crippen LogP contribution is 2.29. The number of piperidine rings is 1. The van der Waals surface area contributed by atoms with Crippen molar-refractivity contribution in [3.8, 4) is 0 Å². The molecule has 1 N–H and O–H groups in total. The van der Waals surface area contributed by atoms with Crippen LogP contribution in [0.15, 0.2) is 24.3 Å². The molecule has 3 heterocycles. The second-order valence-electron chi connectivity index (χ2n) is 8.93. The van der Waals surface area contributed by atoms with Crippen LogP contribution < -0.4 is 10.2 Å². The molecule has 1 aromatic carbocycles. The van der Waals surface area contributed by atoms with E-state index in [1.807, 2.05) is 49.9 Å². The molecule has 3 amide bonds. The van der Waals surface area contributed by atoms with Crippen molar-refractivity contribution in [2.75, 3.05) is 29.9 Å². The molecule has 1 aromatic heterocycles. The summed E-state index contributed by atoms with van der Waals surface area (Å²) in [6, 6.07) is 7.79. The highest BCUT2D eigenvalue weighted by Gasteiger charge is 2.38. The van der Waals surface area contributed by atoms with Gasteiger partial charge in [0.1, 0.15) is 5.01 Å². The third-order valence-corrected chi connectivity index (χ3v) is 7.30. The molecule has 32 heavy (non-hydrogen) atoms. The Hall–Kier alpha value is -2.81. The van der Waals surface area contributed by atoms with Gasteiger partial charge in [0.25, 0.3) is 0 Å². The van der Waals surface area contributed by atoms with Gasteiger partial charge in [0.05, 0.1) is 5.92 Å². The monoisotopic (exact) mass is 455 g/mol. The molecule has 0 aliphatic carbocycles. The Morgan fingerprint density at radius 2 is 1.78 bits per heavy atom. The van der Waals surface area contributed by atoms with Gasteiger partial charge in [0.15, 0.2) is 0 Å². The van der Waals surface area contributed by atoms with Crippen LogP contribution in [0, 0.1) is 18.8 Å². The number of benzene rings is 1. The quantitative estimate of drug-likeness (QED) is 0.747. The number of amides is 3. The summed E-state index contributed by atoms with van der Waals surface area (Å²) in [5.41, 5.74) is 1.97. The second kappa shape index (κ2) is 9.36. The molecule has 0 bridgehead atoms. The summed E-state index contributed by atoms with van der Waals surface area (Å²) in [6.45, 7) is 7.55. The standard InChI is InChI=1S/C23H29N5O3S/c1-14(2)21-25-26-23(32-21)24-20(30)16-8-10-27(11-9-16)22(31)17-12-19(29)28(13-17)18-6-4-15(3)5-7-18/h4-7,14,16-17H,8-13H2,1-3H3,(H,24,26,30)/t17-/m1/s1. The first-order valence-electron chi connectivity index (χ1n) is 11.1. The Kier molecular flexibility index (Phi) is 6.55. The molecule has 9 heteroatoms. The topological polar surface area (TPSA) is 95.5 Å². The molecular weight excluding hydrogens is 426 g/mol. The highest BCUT2D eigenvalue weighted by molar-refractivity contribution is 7.15. The molecule has 0 saturated carbocycles. The minimum Gasteiger partial charge on any atom is -0.342 e. The summed E-state index contributed by atoms with van der Waals surface area (Å²) in [6.07, 6.45) is 1.45. The predicted molar refractivity (Wildman–Crippen MR) is 124 cm³/mol. The first kappa shape index (κ1) is 22.4. The number of carbonyl (C=O) groups is 3. The van der Waals surface area contributed by atoms with E-state index in [9.17, 15) is 14.4 Å². The van der Waals surface area contributed by atoms with E-state index in [2.05, 4.69) is 15.5 Å². The number of hydrogen-bond acceptors (Lipinski definition) is 6. The maximum absolute atomic E-state index is 13.0. The fraction of sp³-hybridized carbons (Fsp3) is 0.522. The van der Waals surface area contributed by atoms with E-state index in [1.165, 1.54) is 11.3 Å². The Labute approximate surface area is 192 Å². The Morgan fingerprint density at radius 3 is 2.41 bits per heavy atom. The fourth-order valence-electron chi connectivity index (χ4n) is 4.19. The molecule has 0 unspecified atom stereocenters. The Balaban J connectivity index is 1.29. The van der Waals surface area contributed by atoms with Crippen molar-refractivity contribution in [3.05, 3.63) is 34.8 Å². The molecule has 1 atom stereocenters. The summed E-state index contributed by atoms with van der Waals surface area (Å²) in [5.74, 6) is -0.275. The number of carbonyl (C=O) groups excluding carboxylic acids is 3. The maximum Gasteiger partial charge on any atom is 0.229 e. The Morgan fingerprint density at radius 1 is 1.09 bits per heavy atom. The number of rotatable bonds is 5. The number of nitrogens with zero attached hydrogens (tertiary/aromatic N) is 4. The lowest BCUT2D eigenvalue weighted by Crippen LogP contribution is -2.44. The van der Waals surface area contributed by atoms with Crippen LogP contribution in [0.1, 0.15) is 49.6 Å². The second-order valence-corrected chi connectivity index (χ2v) is 9.94. The molecule has 2 aliphatic rings. The van der Waals surface area contributed by atoms with E-state index in [4.69, 9.17) is 0 Å². The zero-order valence-corrected chi connectivity index (χ0v) is 19.5. The lowest BCUT2D eigenvalue weighted by Gasteiger charge is -2.32. The number of likely N-dealkylation sites (tertiary alicyclic amines) is 1. The first-order chi connectivity index (χ1) is 15.3. The van der Waals surface area contributed by atoms with Crippen LogP contribution in [0.2, 0.25) is 0 Å². The third kappa shape index (κ3) is 4.82. The largest absolute Gasteiger partial charge is 0.342 e. The van der Waals surface area contributed by atoms with E-state index < -0.39 is 0 Å². The molecule has 2 fully saturated rings. The molecule has 0 spiro atoms. The van der Waals surface area contributed by atoms with Crippen LogP contribution in [-0.4, -0.2) is 52.5 Å². The average Bonchev–Trinajstić information content (AvgIpc) is 3.41. The normalized spacial score (nSPS) is 19.6. The lowest BCUT2D eigenvalue weighted by atomic mass is 9.94. The van der Waals surface area contributed by atoms with Gasteiger partial charge in [-0.25, -0.2) is 0 Å². The van der Waals surface area contributed by atoms with Gasteiger partial charge in [0, 0.05) is 43.6 Å². The van der Waals surface area contributed by atoms with E-state index in [-0.39, 0.29) is 41.9 Å². The average molecular weight is 456 g/mol. The smallest absolute Gasteiger partial charge is 0.229 e. The molecular formula is C23H29N5O3S. The minimum absolute atomic E-state index is 0.0116. The van der Waals surface area contributed by atoms with Crippen LogP contribution in [0.25, 0.3) is 0 Å². The molecule has 4 rings (SSSR count). The third-order valence-electron chi connectivity index (χ3n) is 6.16. The van der Waals surface area contributed by atoms with Crippen molar-refractivity contribution in [1.82, 2.24) is 15.1 Å². The summed E-state index contributed by atoms with van der Waals surface area (Å²) in [7, 11) is 0. The van der Waals surface area contributed by atoms with Gasteiger partial charge in [-0.2, -0.15) is 0 Å². The van der Waals surface area contributed by atoms with Gasteiger partial charge in [0.2, 0.25) is 22.9 Å². The van der Waals surface area contributed by atoms with E-state index in [0.717, 1.165) is 16.3 Å². The molecule has 2 saturated heterocycles. The number of aromatic nitrogens is 2. The predicted octanol–water partition coefficient (Wildman–Crippen LogP) is 3.20. The van der Waals surface area contributed by atoms with Crippen molar-refractivity contribution in [2.24, 2.45) is 11.8 Å². The van der Waals surface area contributed by atoms with Crippen molar-refractivity contribution < 1.29 is 14.4 Å². The van der Waals surface area contributed by atoms with Gasteiger partial charge in [-0.1, -0.05) is 42.9 Å². The van der Waals surface area contributed by atoms with E-state index in [1.54, 1.807) is 4.90 Å². The molecule has 2 aliphatic heterocycles. The van der Waals surface area contributed by atoms with Gasteiger partial charge in [-0.15, -0.1) is 10.2 Å². The van der Waals surface area contributed by atoms with Crippen molar-refractivity contribution >= 4 is 39.9 Å². The van der Waals surface area contributed by atoms with E-state index in [0.29, 0.717) is 37.6 Å². The van der Waals surface area contributed by atoms with Gasteiger partial charge in [-0.3, -0.25) is 14.4 Å². The lowest BCUT2D eigenvalue weighted by molar-refractivity contribution is -0.138. The summed E-state index contributed by atoms with van der Waals surface area (Å²) in [5, 5.41) is 12.4. The SMILES string of the molecule is Cc1ccc(N2C[C@H](C(=O)N3CCC(C(=O)Nc4nnc(C(C)C)s4)CC3)CC2=O)cc1. The minimum atomic E-state index is -0.329. The molecule has 8 nitrogen and oxygen atoms in total. The van der Waals surface area contributed by atoms with Crippen LogP contribution in [0.5, 0.6) is 0 Å². The summed E-state index contributed by atoms with van der Waals surface area (Å²) >= 11 is 1.40. The first-order valence-corrected chi connectivity index (χ1v) is 11.9. The van der Waals surface area contributed by atoms with Gasteiger partial charge < -0.3 is 15.1 Å². The van der Waals surface area contributed by atoms with Crippen LogP contribution in [0.4, 0.5) is 10.8 Å². The zero-order chi connectivity index (χ0) is 22.8. The number of anilines is 2. The molecule has 2 aromatic rings. The fourth-order valence-corrected chi connectivity index (χ4v) is 4.94. The zero-order valence-electron chi connectivity index (χ0n) is 18.7. The van der Waals surface area contributed by atoms with E-state index >= 15 is 0 Å². The van der Waals surface area contributed by atoms with Gasteiger partial charge >= 0.3 is 0 Å². The van der Waals surface area contributed by atoms with Crippen LogP contribution >= 0.6 is 11.3 Å². The molecule has 0 radical (unpaired) electrons.